The third-order valence-electron chi connectivity index (χ3n) is 7.73. The molecule has 3 unspecified atom stereocenters. The maximum Gasteiger partial charge on any atom is 0.312 e. The van der Waals surface area contributed by atoms with Crippen molar-refractivity contribution in [2.75, 3.05) is 19.8 Å². The van der Waals surface area contributed by atoms with Crippen molar-refractivity contribution in [1.82, 2.24) is 9.80 Å². The number of likely N-dealkylation sites (tertiary alicyclic amines) is 1. The lowest BCUT2D eigenvalue weighted by Gasteiger charge is -2.41. The Labute approximate surface area is 203 Å². The second kappa shape index (κ2) is 10.8. The first-order chi connectivity index (χ1) is 16.2. The number of hydrogen-bond acceptors (Lipinski definition) is 6. The fourth-order valence-electron chi connectivity index (χ4n) is 6.45. The highest BCUT2D eigenvalue weighted by molar-refractivity contribution is 5.98. The Bertz CT molecular complexity index is 785. The molecule has 3 rings (SSSR count). The molecule has 34 heavy (non-hydrogen) atoms. The molecule has 3 heterocycles. The van der Waals surface area contributed by atoms with E-state index in [0.29, 0.717) is 25.8 Å². The second-order valence-corrected chi connectivity index (χ2v) is 10.4. The van der Waals surface area contributed by atoms with Crippen LogP contribution in [0.1, 0.15) is 66.7 Å². The van der Waals surface area contributed by atoms with Crippen LogP contribution in [0.25, 0.3) is 0 Å². The largest absolute Gasteiger partial charge is 0.466 e. The standard InChI is InChI=1S/C26H42N2O6/c1-7-10-17(6)27(13-8-2)24(31)22-26-12-11-19(34-26)20(25(32)33-9-3)21(26)23(30)28(22)18(15-29)14-16(4)5/h8,16-22,29H,2,7,9-15H2,1,3-6H3/t17?,18-,19-,20+,21+,22?,26?/m1/s1. The van der Waals surface area contributed by atoms with Crippen LogP contribution < -0.4 is 0 Å². The first-order valence-electron chi connectivity index (χ1n) is 12.9. The average Bonchev–Trinajstić information content (AvgIpc) is 3.43. The van der Waals surface area contributed by atoms with Crippen LogP contribution in [0.15, 0.2) is 12.7 Å². The predicted molar refractivity (Wildman–Crippen MR) is 128 cm³/mol. The maximum atomic E-state index is 14.2. The Hall–Kier alpha value is -1.93. The van der Waals surface area contributed by atoms with Crippen LogP contribution in [-0.4, -0.2) is 82.3 Å². The van der Waals surface area contributed by atoms with Crippen molar-refractivity contribution in [3.8, 4) is 0 Å². The molecule has 0 aromatic heterocycles. The number of ether oxygens (including phenoxy) is 2. The van der Waals surface area contributed by atoms with Crippen molar-refractivity contribution in [3.63, 3.8) is 0 Å². The topological polar surface area (TPSA) is 96.4 Å². The van der Waals surface area contributed by atoms with Crippen LogP contribution in [0, 0.1) is 17.8 Å². The summed E-state index contributed by atoms with van der Waals surface area (Å²) < 4.78 is 11.8. The number of fused-ring (bicyclic) bond motifs is 1. The summed E-state index contributed by atoms with van der Waals surface area (Å²) in [6.45, 7) is 14.0. The summed E-state index contributed by atoms with van der Waals surface area (Å²) >= 11 is 0. The first kappa shape index (κ1) is 26.7. The van der Waals surface area contributed by atoms with E-state index < -0.39 is 41.6 Å². The Morgan fingerprint density at radius 3 is 2.62 bits per heavy atom. The molecule has 2 amide bonds. The van der Waals surface area contributed by atoms with E-state index in [1.54, 1.807) is 22.8 Å². The molecule has 0 saturated carbocycles. The third kappa shape index (κ3) is 4.39. The summed E-state index contributed by atoms with van der Waals surface area (Å²) in [5.74, 6) is -2.19. The van der Waals surface area contributed by atoms with E-state index >= 15 is 0 Å². The van der Waals surface area contributed by atoms with Gasteiger partial charge in [-0.15, -0.1) is 6.58 Å². The quantitative estimate of drug-likeness (QED) is 0.342. The van der Waals surface area contributed by atoms with E-state index in [0.717, 1.165) is 12.8 Å². The summed E-state index contributed by atoms with van der Waals surface area (Å²) in [4.78, 5) is 44.5. The van der Waals surface area contributed by atoms with Gasteiger partial charge in [-0.25, -0.2) is 0 Å². The van der Waals surface area contributed by atoms with Crippen molar-refractivity contribution < 1.29 is 29.0 Å². The van der Waals surface area contributed by atoms with Crippen LogP contribution in [0.4, 0.5) is 0 Å². The highest BCUT2D eigenvalue weighted by atomic mass is 16.6. The molecule has 2 bridgehead atoms. The van der Waals surface area contributed by atoms with E-state index in [1.807, 2.05) is 20.8 Å². The van der Waals surface area contributed by atoms with Crippen molar-refractivity contribution in [2.45, 2.75) is 96.6 Å². The second-order valence-electron chi connectivity index (χ2n) is 10.4. The summed E-state index contributed by atoms with van der Waals surface area (Å²) in [5.41, 5.74) is -1.08. The molecule has 1 N–H and O–H groups in total. The average molecular weight is 479 g/mol. The van der Waals surface area contributed by atoms with Crippen LogP contribution in [0.5, 0.6) is 0 Å². The van der Waals surface area contributed by atoms with Crippen molar-refractivity contribution >= 4 is 17.8 Å². The maximum absolute atomic E-state index is 14.2. The van der Waals surface area contributed by atoms with Crippen LogP contribution in [0.2, 0.25) is 0 Å². The minimum atomic E-state index is -1.08. The zero-order valence-corrected chi connectivity index (χ0v) is 21.4. The van der Waals surface area contributed by atoms with E-state index in [2.05, 4.69) is 13.5 Å². The summed E-state index contributed by atoms with van der Waals surface area (Å²) in [5, 5.41) is 10.3. The lowest BCUT2D eigenvalue weighted by molar-refractivity contribution is -0.156. The van der Waals surface area contributed by atoms with Crippen LogP contribution in [-0.2, 0) is 23.9 Å². The van der Waals surface area contributed by atoms with E-state index in [-0.39, 0.29) is 37.0 Å². The van der Waals surface area contributed by atoms with Gasteiger partial charge in [0.25, 0.3) is 0 Å². The molecule has 8 nitrogen and oxygen atoms in total. The number of aliphatic hydroxyl groups excluding tert-OH is 1. The van der Waals surface area contributed by atoms with Gasteiger partial charge in [0.1, 0.15) is 11.6 Å². The van der Waals surface area contributed by atoms with Gasteiger partial charge >= 0.3 is 5.97 Å². The third-order valence-corrected chi connectivity index (χ3v) is 7.73. The molecule has 8 heteroatoms. The molecular weight excluding hydrogens is 436 g/mol. The molecule has 3 saturated heterocycles. The fourth-order valence-corrected chi connectivity index (χ4v) is 6.45. The molecule has 0 aliphatic carbocycles. The zero-order valence-electron chi connectivity index (χ0n) is 21.4. The number of aliphatic hydroxyl groups is 1. The van der Waals surface area contributed by atoms with Gasteiger partial charge in [-0.3, -0.25) is 14.4 Å². The van der Waals surface area contributed by atoms with Gasteiger partial charge in [0.15, 0.2) is 0 Å². The van der Waals surface area contributed by atoms with Crippen LogP contribution >= 0.6 is 0 Å². The van der Waals surface area contributed by atoms with Gasteiger partial charge in [0.05, 0.1) is 37.2 Å². The predicted octanol–water partition coefficient (Wildman–Crippen LogP) is 2.53. The Balaban J connectivity index is 2.09. The number of rotatable bonds is 12. The van der Waals surface area contributed by atoms with E-state index in [1.165, 1.54) is 0 Å². The van der Waals surface area contributed by atoms with Gasteiger partial charge in [-0.2, -0.15) is 0 Å². The van der Waals surface area contributed by atoms with Gasteiger partial charge < -0.3 is 24.4 Å². The molecular formula is C26H42N2O6. The SMILES string of the molecule is C=CCN(C(=O)C1N([C@@H](CO)CC(C)C)C(=O)[C@@H]2[C@@H](C(=O)OCC)[C@H]3CCC12O3)C(C)CCC. The highest BCUT2D eigenvalue weighted by Gasteiger charge is 2.75. The van der Waals surface area contributed by atoms with Gasteiger partial charge in [0, 0.05) is 12.6 Å². The zero-order chi connectivity index (χ0) is 25.2. The summed E-state index contributed by atoms with van der Waals surface area (Å²) in [6.07, 6.45) is 4.69. The normalized spacial score (nSPS) is 31.5. The van der Waals surface area contributed by atoms with E-state index in [9.17, 15) is 19.5 Å². The molecule has 3 aliphatic heterocycles. The summed E-state index contributed by atoms with van der Waals surface area (Å²) in [7, 11) is 0. The molecule has 1 spiro atoms. The van der Waals surface area contributed by atoms with Crippen molar-refractivity contribution in [1.29, 1.82) is 0 Å². The monoisotopic (exact) mass is 478 g/mol. The molecule has 0 radical (unpaired) electrons. The summed E-state index contributed by atoms with van der Waals surface area (Å²) in [6, 6.07) is -1.46. The number of amides is 2. The van der Waals surface area contributed by atoms with Crippen LogP contribution in [0.3, 0.4) is 0 Å². The van der Waals surface area contributed by atoms with Crippen molar-refractivity contribution in [3.05, 3.63) is 12.7 Å². The van der Waals surface area contributed by atoms with Gasteiger partial charge in [0.2, 0.25) is 11.8 Å². The minimum absolute atomic E-state index is 0.0416. The smallest absolute Gasteiger partial charge is 0.312 e. The molecule has 0 aromatic rings. The number of carbonyl (C=O) groups excluding carboxylic acids is 3. The lowest BCUT2D eigenvalue weighted by Crippen LogP contribution is -2.60. The Morgan fingerprint density at radius 1 is 1.35 bits per heavy atom. The molecule has 3 aliphatic rings. The minimum Gasteiger partial charge on any atom is -0.466 e. The number of hydrogen-bond donors (Lipinski definition) is 1. The Kier molecular flexibility index (Phi) is 8.45. The first-order valence-corrected chi connectivity index (χ1v) is 12.9. The highest BCUT2D eigenvalue weighted by Crippen LogP contribution is 2.59. The lowest BCUT2D eigenvalue weighted by atomic mass is 9.70. The van der Waals surface area contributed by atoms with E-state index in [4.69, 9.17) is 9.47 Å². The Morgan fingerprint density at radius 2 is 2.06 bits per heavy atom. The molecule has 3 fully saturated rings. The molecule has 7 atom stereocenters. The number of esters is 1. The molecule has 0 aromatic carbocycles. The number of carbonyl (C=O) groups is 3. The van der Waals surface area contributed by atoms with Gasteiger partial charge in [-0.1, -0.05) is 33.3 Å². The van der Waals surface area contributed by atoms with Gasteiger partial charge in [-0.05, 0) is 45.4 Å². The number of nitrogens with zero attached hydrogens (tertiary/aromatic N) is 2. The fraction of sp³-hybridized carbons (Fsp3) is 0.808. The van der Waals surface area contributed by atoms with Crippen molar-refractivity contribution in [2.24, 2.45) is 17.8 Å². The molecule has 192 valence electrons.